The van der Waals surface area contributed by atoms with Gasteiger partial charge in [-0.15, -0.1) is 0 Å². The number of aryl methyl sites for hydroxylation is 1. The zero-order valence-electron chi connectivity index (χ0n) is 17.8. The van der Waals surface area contributed by atoms with Crippen molar-refractivity contribution in [3.8, 4) is 11.5 Å². The number of carbonyl (C=O) groups excluding carboxylic acids is 1. The Kier molecular flexibility index (Phi) is 6.92. The molecule has 7 heteroatoms. The van der Waals surface area contributed by atoms with E-state index in [2.05, 4.69) is 10.6 Å². The average molecular weight is 412 g/mol. The van der Waals surface area contributed by atoms with Crippen LogP contribution in [0.2, 0.25) is 0 Å². The topological polar surface area (TPSA) is 83.6 Å². The van der Waals surface area contributed by atoms with Gasteiger partial charge in [-0.3, -0.25) is 14.9 Å². The molecule has 0 fully saturated rings. The summed E-state index contributed by atoms with van der Waals surface area (Å²) in [6.07, 6.45) is 8.21. The fraction of sp³-hybridized carbons (Fsp3) is 0.435. The van der Waals surface area contributed by atoms with Gasteiger partial charge >= 0.3 is 5.69 Å². The fourth-order valence-electron chi connectivity index (χ4n) is 3.92. The first-order valence-electron chi connectivity index (χ1n) is 10.2. The molecule has 1 aliphatic rings. The lowest BCUT2D eigenvalue weighted by atomic mass is 9.97. The number of methoxy groups -OCH3 is 1. The summed E-state index contributed by atoms with van der Waals surface area (Å²) >= 11 is 0. The van der Waals surface area contributed by atoms with Crippen molar-refractivity contribution < 1.29 is 19.2 Å². The van der Waals surface area contributed by atoms with E-state index in [-0.39, 0.29) is 23.8 Å². The number of rotatable bonds is 9. The van der Waals surface area contributed by atoms with Crippen molar-refractivity contribution in [2.45, 2.75) is 52.5 Å². The van der Waals surface area contributed by atoms with E-state index in [1.807, 2.05) is 19.9 Å². The molecule has 3 rings (SSSR count). The summed E-state index contributed by atoms with van der Waals surface area (Å²) < 4.78 is 12.7. The molecular weight excluding hydrogens is 384 g/mol. The highest BCUT2D eigenvalue weighted by Gasteiger charge is 2.20. The van der Waals surface area contributed by atoms with Crippen LogP contribution in [0.25, 0.3) is 0 Å². The van der Waals surface area contributed by atoms with Crippen LogP contribution in [0.3, 0.4) is 0 Å². The number of nitro benzene ring substituents is 1. The summed E-state index contributed by atoms with van der Waals surface area (Å²) in [6.45, 7) is 4.52. The van der Waals surface area contributed by atoms with Crippen molar-refractivity contribution in [1.29, 1.82) is 0 Å². The Hall–Kier alpha value is -3.09. The van der Waals surface area contributed by atoms with Crippen LogP contribution in [-0.2, 0) is 6.54 Å². The highest BCUT2D eigenvalue weighted by Crippen LogP contribution is 2.31. The van der Waals surface area contributed by atoms with Crippen LogP contribution in [0.15, 0.2) is 35.9 Å². The summed E-state index contributed by atoms with van der Waals surface area (Å²) in [4.78, 5) is 23.5. The summed E-state index contributed by atoms with van der Waals surface area (Å²) in [6, 6.07) is 6.17. The molecule has 1 heterocycles. The molecule has 7 nitrogen and oxygen atoms in total. The minimum absolute atomic E-state index is 0.0483. The van der Waals surface area contributed by atoms with Crippen molar-refractivity contribution in [3.63, 3.8) is 0 Å². The first-order valence-corrected chi connectivity index (χ1v) is 10.2. The molecule has 30 heavy (non-hydrogen) atoms. The predicted octanol–water partition coefficient (Wildman–Crippen LogP) is 5.17. The lowest BCUT2D eigenvalue weighted by Crippen LogP contribution is -2.14. The van der Waals surface area contributed by atoms with Gasteiger partial charge < -0.3 is 14.0 Å². The van der Waals surface area contributed by atoms with Crippen LogP contribution in [0.4, 0.5) is 5.69 Å². The molecule has 1 aromatic heterocycles. The van der Waals surface area contributed by atoms with Crippen LogP contribution in [0.1, 0.15) is 53.8 Å². The van der Waals surface area contributed by atoms with Gasteiger partial charge in [-0.05, 0) is 64.2 Å². The summed E-state index contributed by atoms with van der Waals surface area (Å²) in [5.41, 5.74) is 3.80. The molecule has 1 aromatic carbocycles. The quantitative estimate of drug-likeness (QED) is 0.245. The van der Waals surface area contributed by atoms with E-state index in [0.717, 1.165) is 30.8 Å². The number of benzene rings is 1. The average Bonchev–Trinajstić information content (AvgIpc) is 3.04. The van der Waals surface area contributed by atoms with Gasteiger partial charge in [-0.2, -0.15) is 0 Å². The maximum absolute atomic E-state index is 12.8. The maximum atomic E-state index is 12.8. The number of Topliss-reactive ketones (excluding diaryl/α,β-unsaturated/α-hetero) is 1. The molecule has 2 aromatic rings. The van der Waals surface area contributed by atoms with Gasteiger partial charge in [-0.1, -0.05) is 11.6 Å². The first-order chi connectivity index (χ1) is 14.4. The zero-order chi connectivity index (χ0) is 21.7. The number of nitro groups is 1. The first kappa shape index (κ1) is 21.6. The Morgan fingerprint density at radius 3 is 2.70 bits per heavy atom. The van der Waals surface area contributed by atoms with Crippen molar-refractivity contribution in [2.75, 3.05) is 13.7 Å². The monoisotopic (exact) mass is 412 g/mol. The lowest BCUT2D eigenvalue weighted by molar-refractivity contribution is -0.385. The Morgan fingerprint density at radius 2 is 2.03 bits per heavy atom. The van der Waals surface area contributed by atoms with E-state index in [0.29, 0.717) is 11.3 Å². The van der Waals surface area contributed by atoms with E-state index in [9.17, 15) is 14.9 Å². The summed E-state index contributed by atoms with van der Waals surface area (Å²) in [5, 5.41) is 11.3. The second-order valence-electron chi connectivity index (χ2n) is 7.60. The Balaban J connectivity index is 1.69. The van der Waals surface area contributed by atoms with E-state index >= 15 is 0 Å². The summed E-state index contributed by atoms with van der Waals surface area (Å²) in [5.74, 6) is 0.209. The van der Waals surface area contributed by atoms with Crippen molar-refractivity contribution in [2.24, 2.45) is 0 Å². The lowest BCUT2D eigenvalue weighted by Gasteiger charge is -2.15. The van der Waals surface area contributed by atoms with Crippen molar-refractivity contribution in [3.05, 3.63) is 63.0 Å². The SMILES string of the molecule is COc1ccc(OCC(=O)c2cc(C)n(CCC3=CCCCC3)c2C)c([N+](=O)[O-])c1. The Labute approximate surface area is 176 Å². The number of nitrogens with zero attached hydrogens (tertiary/aromatic N) is 2. The van der Waals surface area contributed by atoms with Crippen LogP contribution >= 0.6 is 0 Å². The van der Waals surface area contributed by atoms with Gasteiger partial charge in [0.1, 0.15) is 5.75 Å². The smallest absolute Gasteiger partial charge is 0.314 e. The number of aromatic nitrogens is 1. The molecule has 160 valence electrons. The molecule has 0 N–H and O–H groups in total. The Bertz CT molecular complexity index is 974. The van der Waals surface area contributed by atoms with E-state index < -0.39 is 4.92 Å². The second kappa shape index (κ2) is 9.61. The second-order valence-corrected chi connectivity index (χ2v) is 7.60. The normalized spacial score (nSPS) is 13.6. The molecule has 0 amide bonds. The van der Waals surface area contributed by atoms with Gasteiger partial charge in [-0.25, -0.2) is 0 Å². The number of ketones is 1. The number of ether oxygens (including phenoxy) is 2. The van der Waals surface area contributed by atoms with Crippen LogP contribution in [0, 0.1) is 24.0 Å². The Morgan fingerprint density at radius 1 is 1.23 bits per heavy atom. The largest absolute Gasteiger partial charge is 0.496 e. The van der Waals surface area contributed by atoms with Gasteiger partial charge in [0.05, 0.1) is 18.1 Å². The van der Waals surface area contributed by atoms with Gasteiger partial charge in [0.15, 0.2) is 12.4 Å². The predicted molar refractivity (Wildman–Crippen MR) is 115 cm³/mol. The third-order valence-electron chi connectivity index (χ3n) is 5.64. The third-order valence-corrected chi connectivity index (χ3v) is 5.64. The highest BCUT2D eigenvalue weighted by molar-refractivity contribution is 5.98. The van der Waals surface area contributed by atoms with Crippen molar-refractivity contribution in [1.82, 2.24) is 4.57 Å². The minimum Gasteiger partial charge on any atom is -0.496 e. The standard InChI is InChI=1S/C23H28N2O5/c1-16-13-20(17(2)24(16)12-11-18-7-5-4-6-8-18)22(26)15-30-23-10-9-19(29-3)14-21(23)25(27)28/h7,9-10,13-14H,4-6,8,11-12,15H2,1-3H3. The molecule has 0 saturated heterocycles. The molecule has 0 unspecified atom stereocenters. The van der Waals surface area contributed by atoms with Crippen LogP contribution < -0.4 is 9.47 Å². The molecular formula is C23H28N2O5. The van der Waals surface area contributed by atoms with Gasteiger partial charge in [0.2, 0.25) is 5.78 Å². The van der Waals surface area contributed by atoms with Crippen LogP contribution in [0.5, 0.6) is 11.5 Å². The van der Waals surface area contributed by atoms with E-state index in [1.54, 1.807) is 6.07 Å². The summed E-state index contributed by atoms with van der Waals surface area (Å²) in [7, 11) is 1.43. The molecule has 0 saturated carbocycles. The van der Waals surface area contributed by atoms with E-state index in [4.69, 9.17) is 9.47 Å². The van der Waals surface area contributed by atoms with E-state index in [1.165, 1.54) is 44.1 Å². The third kappa shape index (κ3) is 4.90. The van der Waals surface area contributed by atoms with Crippen molar-refractivity contribution >= 4 is 11.5 Å². The number of allylic oxidation sites excluding steroid dienone is 2. The zero-order valence-corrected chi connectivity index (χ0v) is 17.8. The van der Waals surface area contributed by atoms with Gasteiger partial charge in [0.25, 0.3) is 0 Å². The minimum atomic E-state index is -0.547. The molecule has 0 atom stereocenters. The van der Waals surface area contributed by atoms with Crippen LogP contribution in [-0.4, -0.2) is 29.0 Å². The molecule has 0 aliphatic heterocycles. The number of hydrogen-bond acceptors (Lipinski definition) is 5. The molecule has 1 aliphatic carbocycles. The fourth-order valence-corrected chi connectivity index (χ4v) is 3.92. The number of hydrogen-bond donors (Lipinski definition) is 0. The molecule has 0 radical (unpaired) electrons. The van der Waals surface area contributed by atoms with Gasteiger partial charge in [0, 0.05) is 23.5 Å². The molecule has 0 bridgehead atoms. The maximum Gasteiger partial charge on any atom is 0.314 e. The highest BCUT2D eigenvalue weighted by atomic mass is 16.6. The number of carbonyl (C=O) groups is 1. The molecule has 0 spiro atoms.